The molecule has 3 aliphatic rings. The largest absolute Gasteiger partial charge is 0.489 e. The number of carbonyl (C=O) groups is 4. The molecule has 2 aromatic carbocycles. The lowest BCUT2D eigenvalue weighted by atomic mass is 10.0. The van der Waals surface area contributed by atoms with E-state index in [4.69, 9.17) is 14.2 Å². The summed E-state index contributed by atoms with van der Waals surface area (Å²) < 4.78 is 17.3. The maximum atomic E-state index is 13.1. The first-order valence-electron chi connectivity index (χ1n) is 14.8. The van der Waals surface area contributed by atoms with Crippen molar-refractivity contribution in [3.8, 4) is 5.75 Å². The van der Waals surface area contributed by atoms with Gasteiger partial charge in [-0.1, -0.05) is 30.3 Å². The van der Waals surface area contributed by atoms with E-state index < -0.39 is 17.6 Å². The number of hydrogen-bond acceptors (Lipinski definition) is 8. The monoisotopic (exact) mass is 592 g/mol. The van der Waals surface area contributed by atoms with Gasteiger partial charge >= 0.3 is 6.09 Å². The van der Waals surface area contributed by atoms with Gasteiger partial charge in [-0.3, -0.25) is 24.6 Å². The topological polar surface area (TPSA) is 118 Å². The molecule has 0 bridgehead atoms. The van der Waals surface area contributed by atoms with Crippen molar-refractivity contribution in [2.45, 2.75) is 65.0 Å². The summed E-state index contributed by atoms with van der Waals surface area (Å²) in [7, 11) is 0. The zero-order valence-electron chi connectivity index (χ0n) is 25.1. The molecule has 11 heteroatoms. The lowest BCUT2D eigenvalue weighted by Crippen LogP contribution is -2.52. The van der Waals surface area contributed by atoms with Crippen LogP contribution in [0.15, 0.2) is 42.5 Å². The molecular formula is C32H40N4O7. The van der Waals surface area contributed by atoms with Crippen molar-refractivity contribution in [3.05, 3.63) is 64.7 Å². The molecule has 0 spiro atoms. The maximum absolute atomic E-state index is 13.1. The molecule has 11 nitrogen and oxygen atoms in total. The highest BCUT2D eigenvalue weighted by Gasteiger charge is 2.40. The quantitative estimate of drug-likeness (QED) is 0.442. The van der Waals surface area contributed by atoms with Crippen LogP contribution in [0.5, 0.6) is 5.75 Å². The second-order valence-electron chi connectivity index (χ2n) is 12.1. The number of carbonyl (C=O) groups excluding carboxylic acids is 4. The van der Waals surface area contributed by atoms with Crippen LogP contribution in [0.25, 0.3) is 0 Å². The first-order chi connectivity index (χ1) is 20.6. The van der Waals surface area contributed by atoms with Gasteiger partial charge in [-0.15, -0.1) is 0 Å². The van der Waals surface area contributed by atoms with Crippen LogP contribution in [0.3, 0.4) is 0 Å². The number of piperidine rings is 1. The van der Waals surface area contributed by atoms with E-state index in [1.807, 2.05) is 51.1 Å². The van der Waals surface area contributed by atoms with Gasteiger partial charge in [0, 0.05) is 50.3 Å². The highest BCUT2D eigenvalue weighted by Crippen LogP contribution is 2.34. The number of ether oxygens (including phenoxy) is 3. The summed E-state index contributed by atoms with van der Waals surface area (Å²) in [5.41, 5.74) is 2.57. The van der Waals surface area contributed by atoms with E-state index >= 15 is 0 Å². The molecule has 0 radical (unpaired) electrons. The predicted molar refractivity (Wildman–Crippen MR) is 157 cm³/mol. The van der Waals surface area contributed by atoms with Crippen LogP contribution < -0.4 is 10.1 Å². The molecule has 3 heterocycles. The predicted octanol–water partition coefficient (Wildman–Crippen LogP) is 3.10. The van der Waals surface area contributed by atoms with Gasteiger partial charge in [-0.2, -0.15) is 0 Å². The van der Waals surface area contributed by atoms with Crippen molar-refractivity contribution in [1.82, 2.24) is 20.0 Å². The van der Waals surface area contributed by atoms with Gasteiger partial charge in [-0.25, -0.2) is 4.79 Å². The molecule has 4 amide bonds. The van der Waals surface area contributed by atoms with Gasteiger partial charge in [0.1, 0.15) is 24.0 Å². The fourth-order valence-corrected chi connectivity index (χ4v) is 5.46. The number of imide groups is 1. The third-order valence-electron chi connectivity index (χ3n) is 7.77. The van der Waals surface area contributed by atoms with Gasteiger partial charge < -0.3 is 24.0 Å². The van der Waals surface area contributed by atoms with E-state index in [2.05, 4.69) is 10.2 Å². The number of fused-ring (bicyclic) bond motifs is 1. The second-order valence-corrected chi connectivity index (χ2v) is 12.1. The molecule has 3 aliphatic heterocycles. The Hall–Kier alpha value is -3.96. The Morgan fingerprint density at radius 3 is 2.47 bits per heavy atom. The van der Waals surface area contributed by atoms with Crippen molar-refractivity contribution < 1.29 is 33.4 Å². The Bertz CT molecular complexity index is 1350. The number of benzene rings is 2. The summed E-state index contributed by atoms with van der Waals surface area (Å²) in [6.45, 7) is 11.0. The van der Waals surface area contributed by atoms with E-state index in [-0.39, 0.29) is 37.5 Å². The van der Waals surface area contributed by atoms with Crippen molar-refractivity contribution in [1.29, 1.82) is 0 Å². The molecule has 1 unspecified atom stereocenters. The number of morpholine rings is 1. The number of rotatable bonds is 9. The molecular weight excluding hydrogens is 552 g/mol. The Morgan fingerprint density at radius 2 is 1.77 bits per heavy atom. The van der Waals surface area contributed by atoms with Crippen LogP contribution in [0.1, 0.15) is 60.7 Å². The Labute approximate surface area is 252 Å². The summed E-state index contributed by atoms with van der Waals surface area (Å²) >= 11 is 0. The van der Waals surface area contributed by atoms with Gasteiger partial charge in [-0.05, 0) is 50.5 Å². The van der Waals surface area contributed by atoms with Gasteiger partial charge in [0.2, 0.25) is 11.8 Å². The van der Waals surface area contributed by atoms with E-state index in [1.165, 1.54) is 4.90 Å². The number of nitrogens with zero attached hydrogens (tertiary/aromatic N) is 3. The van der Waals surface area contributed by atoms with Crippen LogP contribution in [0.4, 0.5) is 4.79 Å². The van der Waals surface area contributed by atoms with E-state index in [9.17, 15) is 19.2 Å². The minimum absolute atomic E-state index is 0.208. The van der Waals surface area contributed by atoms with Gasteiger partial charge in [0.25, 0.3) is 5.91 Å². The molecule has 43 heavy (non-hydrogen) atoms. The average molecular weight is 593 g/mol. The normalized spacial score (nSPS) is 19.2. The standard InChI is InChI=1S/C32H40N4O7/c1-32(2,3)43-31(40)35(14-13-34-15-17-41-18-16-34)19-22-7-9-23(10-8-22)21-42-27-6-4-5-24-25(27)20-36(30(24)39)26-11-12-28(37)33-29(26)38/h4-10,26H,11-21H2,1-3H3,(H,33,37,38). The van der Waals surface area contributed by atoms with Crippen LogP contribution in [0, 0.1) is 0 Å². The minimum Gasteiger partial charge on any atom is -0.489 e. The lowest BCUT2D eigenvalue weighted by molar-refractivity contribution is -0.136. The molecule has 2 fully saturated rings. The number of amides is 4. The molecule has 2 saturated heterocycles. The molecule has 230 valence electrons. The van der Waals surface area contributed by atoms with Gasteiger partial charge in [0.05, 0.1) is 19.8 Å². The van der Waals surface area contributed by atoms with Crippen molar-refractivity contribution >= 4 is 23.8 Å². The van der Waals surface area contributed by atoms with E-state index in [1.54, 1.807) is 17.0 Å². The maximum Gasteiger partial charge on any atom is 0.410 e. The molecule has 0 aliphatic carbocycles. The smallest absolute Gasteiger partial charge is 0.410 e. The zero-order chi connectivity index (χ0) is 30.6. The average Bonchev–Trinajstić information content (AvgIpc) is 3.31. The molecule has 1 N–H and O–H groups in total. The molecule has 0 aromatic heterocycles. The van der Waals surface area contributed by atoms with Crippen molar-refractivity contribution in [2.24, 2.45) is 0 Å². The Morgan fingerprint density at radius 1 is 1.05 bits per heavy atom. The third-order valence-corrected chi connectivity index (χ3v) is 7.77. The second kappa shape index (κ2) is 13.1. The Kier molecular flexibility index (Phi) is 9.31. The summed E-state index contributed by atoms with van der Waals surface area (Å²) in [6, 6.07) is 12.5. The SMILES string of the molecule is CC(C)(C)OC(=O)N(CCN1CCOCC1)Cc1ccc(COc2cccc3c2CN(C2CCC(=O)NC2=O)C3=O)cc1. The highest BCUT2D eigenvalue weighted by molar-refractivity contribution is 6.05. The summed E-state index contributed by atoms with van der Waals surface area (Å²) in [5, 5.41) is 2.33. The fourth-order valence-electron chi connectivity index (χ4n) is 5.46. The van der Waals surface area contributed by atoms with Crippen LogP contribution in [0.2, 0.25) is 0 Å². The first-order valence-corrected chi connectivity index (χ1v) is 14.8. The molecule has 1 atom stereocenters. The number of nitrogens with one attached hydrogen (secondary N) is 1. The Balaban J connectivity index is 1.20. The van der Waals surface area contributed by atoms with Crippen LogP contribution in [-0.4, -0.2) is 89.6 Å². The third kappa shape index (κ3) is 7.71. The first kappa shape index (κ1) is 30.5. The van der Waals surface area contributed by atoms with Crippen molar-refractivity contribution in [3.63, 3.8) is 0 Å². The van der Waals surface area contributed by atoms with E-state index in [0.29, 0.717) is 44.0 Å². The fraction of sp³-hybridized carbons (Fsp3) is 0.500. The van der Waals surface area contributed by atoms with Crippen molar-refractivity contribution in [2.75, 3.05) is 39.4 Å². The van der Waals surface area contributed by atoms with Crippen LogP contribution in [-0.2, 0) is 38.8 Å². The molecule has 0 saturated carbocycles. The summed E-state index contributed by atoms with van der Waals surface area (Å²) in [4.78, 5) is 55.6. The van der Waals surface area contributed by atoms with Crippen LogP contribution >= 0.6 is 0 Å². The highest BCUT2D eigenvalue weighted by atomic mass is 16.6. The van der Waals surface area contributed by atoms with Gasteiger partial charge in [0.15, 0.2) is 0 Å². The number of hydrogen-bond donors (Lipinski definition) is 1. The lowest BCUT2D eigenvalue weighted by Gasteiger charge is -2.31. The van der Waals surface area contributed by atoms with E-state index in [0.717, 1.165) is 36.3 Å². The minimum atomic E-state index is -0.674. The zero-order valence-corrected chi connectivity index (χ0v) is 25.1. The summed E-state index contributed by atoms with van der Waals surface area (Å²) in [5.74, 6) is -0.399. The summed E-state index contributed by atoms with van der Waals surface area (Å²) in [6.07, 6.45) is 0.178. The molecule has 2 aromatic rings. The molecule has 5 rings (SSSR count).